The summed E-state index contributed by atoms with van der Waals surface area (Å²) in [7, 11) is 0. The number of allylic oxidation sites excluding steroid dienone is 1. The molecule has 0 amide bonds. The van der Waals surface area contributed by atoms with Gasteiger partial charge in [-0.05, 0) is 46.2 Å². The zero-order valence-corrected chi connectivity index (χ0v) is 12.5. The number of nitrogens with one attached hydrogen (secondary N) is 1. The number of anilines is 1. The van der Waals surface area contributed by atoms with Gasteiger partial charge in [0, 0.05) is 5.69 Å². The SMILES string of the molecule is CC(C)(C)c1ccc2c(c1C(C)(C)C)CC=CN2. The average Bonchev–Trinajstić information content (AvgIpc) is 2.24. The molecular formula is C17H25N. The van der Waals surface area contributed by atoms with Gasteiger partial charge in [0.15, 0.2) is 0 Å². The third-order valence-corrected chi connectivity index (χ3v) is 3.55. The molecule has 0 aliphatic carbocycles. The molecule has 1 heterocycles. The fraction of sp³-hybridized carbons (Fsp3) is 0.529. The van der Waals surface area contributed by atoms with Crippen LogP contribution in [0, 0.1) is 0 Å². The summed E-state index contributed by atoms with van der Waals surface area (Å²) in [5, 5.41) is 3.37. The fourth-order valence-electron chi connectivity index (χ4n) is 2.80. The average molecular weight is 243 g/mol. The van der Waals surface area contributed by atoms with E-state index in [1.807, 2.05) is 6.20 Å². The molecule has 1 aliphatic heterocycles. The van der Waals surface area contributed by atoms with Crippen LogP contribution >= 0.6 is 0 Å². The van der Waals surface area contributed by atoms with Crippen molar-refractivity contribution in [2.24, 2.45) is 0 Å². The third-order valence-electron chi connectivity index (χ3n) is 3.55. The summed E-state index contributed by atoms with van der Waals surface area (Å²) in [5.74, 6) is 0. The molecule has 1 nitrogen and oxygen atoms in total. The molecule has 0 saturated carbocycles. The minimum Gasteiger partial charge on any atom is -0.362 e. The lowest BCUT2D eigenvalue weighted by Gasteiger charge is -2.34. The molecule has 98 valence electrons. The van der Waals surface area contributed by atoms with Gasteiger partial charge in [0.1, 0.15) is 0 Å². The first-order valence-electron chi connectivity index (χ1n) is 6.79. The second-order valence-corrected chi connectivity index (χ2v) is 7.27. The first-order chi connectivity index (χ1) is 8.21. The monoisotopic (exact) mass is 243 g/mol. The molecule has 1 aromatic carbocycles. The second-order valence-electron chi connectivity index (χ2n) is 7.27. The Morgan fingerprint density at radius 2 is 1.61 bits per heavy atom. The van der Waals surface area contributed by atoms with Gasteiger partial charge in [-0.2, -0.15) is 0 Å². The molecule has 0 aromatic heterocycles. The van der Waals surface area contributed by atoms with Crippen LogP contribution in [0.5, 0.6) is 0 Å². The van der Waals surface area contributed by atoms with Crippen LogP contribution in [0.4, 0.5) is 5.69 Å². The lowest BCUT2D eigenvalue weighted by Crippen LogP contribution is -2.25. The maximum absolute atomic E-state index is 3.37. The largest absolute Gasteiger partial charge is 0.362 e. The number of hydrogen-bond acceptors (Lipinski definition) is 1. The normalized spacial score (nSPS) is 15.2. The van der Waals surface area contributed by atoms with Crippen LogP contribution in [0.1, 0.15) is 58.2 Å². The smallest absolute Gasteiger partial charge is 0.0418 e. The standard InChI is InChI=1S/C17H25N/c1-16(2,3)13-9-10-14-12(8-7-11-18-14)15(13)17(4,5)6/h7,9-11,18H,8H2,1-6H3. The lowest BCUT2D eigenvalue weighted by molar-refractivity contribution is 0.526. The highest BCUT2D eigenvalue weighted by Crippen LogP contribution is 2.40. The molecule has 1 aliphatic rings. The summed E-state index contributed by atoms with van der Waals surface area (Å²) in [5.41, 5.74) is 6.11. The van der Waals surface area contributed by atoms with Crippen molar-refractivity contribution in [2.75, 3.05) is 5.32 Å². The number of hydrogen-bond donors (Lipinski definition) is 1. The number of rotatable bonds is 0. The van der Waals surface area contributed by atoms with E-state index < -0.39 is 0 Å². The Morgan fingerprint density at radius 1 is 0.944 bits per heavy atom. The zero-order chi connectivity index (χ0) is 13.6. The van der Waals surface area contributed by atoms with Gasteiger partial charge < -0.3 is 5.32 Å². The second kappa shape index (κ2) is 4.15. The molecule has 18 heavy (non-hydrogen) atoms. The molecule has 0 spiro atoms. The van der Waals surface area contributed by atoms with E-state index in [0.717, 1.165) is 6.42 Å². The van der Waals surface area contributed by atoms with Crippen LogP contribution < -0.4 is 5.32 Å². The van der Waals surface area contributed by atoms with Gasteiger partial charge >= 0.3 is 0 Å². The van der Waals surface area contributed by atoms with Crippen LogP contribution in [-0.4, -0.2) is 0 Å². The first-order valence-corrected chi connectivity index (χ1v) is 6.79. The molecule has 0 bridgehead atoms. The first kappa shape index (κ1) is 13.2. The highest BCUT2D eigenvalue weighted by molar-refractivity contribution is 5.63. The summed E-state index contributed by atoms with van der Waals surface area (Å²) >= 11 is 0. The fourth-order valence-corrected chi connectivity index (χ4v) is 2.80. The van der Waals surface area contributed by atoms with Crippen molar-refractivity contribution in [3.63, 3.8) is 0 Å². The summed E-state index contributed by atoms with van der Waals surface area (Å²) in [6, 6.07) is 4.53. The van der Waals surface area contributed by atoms with Crippen LogP contribution in [0.2, 0.25) is 0 Å². The Labute approximate surface area is 111 Å². The summed E-state index contributed by atoms with van der Waals surface area (Å²) in [4.78, 5) is 0. The van der Waals surface area contributed by atoms with E-state index >= 15 is 0 Å². The van der Waals surface area contributed by atoms with Gasteiger partial charge in [-0.25, -0.2) is 0 Å². The Morgan fingerprint density at radius 3 is 2.17 bits per heavy atom. The maximum Gasteiger partial charge on any atom is 0.0418 e. The van der Waals surface area contributed by atoms with Crippen molar-refractivity contribution in [1.29, 1.82) is 0 Å². The van der Waals surface area contributed by atoms with E-state index in [2.05, 4.69) is 65.1 Å². The van der Waals surface area contributed by atoms with Gasteiger partial charge in [0.2, 0.25) is 0 Å². The van der Waals surface area contributed by atoms with Crippen molar-refractivity contribution in [3.05, 3.63) is 41.1 Å². The van der Waals surface area contributed by atoms with Gasteiger partial charge in [0.05, 0.1) is 0 Å². The lowest BCUT2D eigenvalue weighted by atomic mass is 9.72. The predicted octanol–water partition coefficient (Wildman–Crippen LogP) is 4.76. The molecule has 0 radical (unpaired) electrons. The molecule has 1 aromatic rings. The Hall–Kier alpha value is -1.24. The number of fused-ring (bicyclic) bond motifs is 1. The Balaban J connectivity index is 2.71. The van der Waals surface area contributed by atoms with Crippen molar-refractivity contribution >= 4 is 5.69 Å². The highest BCUT2D eigenvalue weighted by atomic mass is 14.8. The van der Waals surface area contributed by atoms with Crippen molar-refractivity contribution in [2.45, 2.75) is 58.8 Å². The third kappa shape index (κ3) is 2.31. The molecular weight excluding hydrogens is 218 g/mol. The molecule has 2 rings (SSSR count). The Kier molecular flexibility index (Phi) is 3.04. The highest BCUT2D eigenvalue weighted by Gasteiger charge is 2.29. The van der Waals surface area contributed by atoms with Crippen molar-refractivity contribution in [3.8, 4) is 0 Å². The van der Waals surface area contributed by atoms with Crippen LogP contribution in [0.15, 0.2) is 24.4 Å². The maximum atomic E-state index is 3.37. The van der Waals surface area contributed by atoms with Crippen LogP contribution in [-0.2, 0) is 17.3 Å². The Bertz CT molecular complexity index is 482. The topological polar surface area (TPSA) is 12.0 Å². The molecule has 1 N–H and O–H groups in total. The van der Waals surface area contributed by atoms with E-state index in [9.17, 15) is 0 Å². The molecule has 1 heteroatoms. The summed E-state index contributed by atoms with van der Waals surface area (Å²) in [6.45, 7) is 13.9. The zero-order valence-electron chi connectivity index (χ0n) is 12.5. The molecule has 0 fully saturated rings. The summed E-state index contributed by atoms with van der Waals surface area (Å²) in [6.07, 6.45) is 5.30. The van der Waals surface area contributed by atoms with Crippen LogP contribution in [0.3, 0.4) is 0 Å². The van der Waals surface area contributed by atoms with Gasteiger partial charge in [0.25, 0.3) is 0 Å². The molecule has 0 atom stereocenters. The van der Waals surface area contributed by atoms with E-state index in [1.54, 1.807) is 0 Å². The predicted molar refractivity (Wildman–Crippen MR) is 80.3 cm³/mol. The molecule has 0 unspecified atom stereocenters. The minimum absolute atomic E-state index is 0.181. The van der Waals surface area contributed by atoms with Crippen molar-refractivity contribution < 1.29 is 0 Å². The van der Waals surface area contributed by atoms with Gasteiger partial charge in [-0.3, -0.25) is 0 Å². The quantitative estimate of drug-likeness (QED) is 0.692. The van der Waals surface area contributed by atoms with E-state index in [-0.39, 0.29) is 10.8 Å². The van der Waals surface area contributed by atoms with E-state index in [4.69, 9.17) is 0 Å². The number of benzene rings is 1. The molecule has 0 saturated heterocycles. The van der Waals surface area contributed by atoms with Crippen LogP contribution in [0.25, 0.3) is 0 Å². The minimum atomic E-state index is 0.181. The summed E-state index contributed by atoms with van der Waals surface area (Å²) < 4.78 is 0. The van der Waals surface area contributed by atoms with E-state index in [0.29, 0.717) is 0 Å². The van der Waals surface area contributed by atoms with E-state index in [1.165, 1.54) is 22.4 Å². The van der Waals surface area contributed by atoms with Crippen molar-refractivity contribution in [1.82, 2.24) is 0 Å². The van der Waals surface area contributed by atoms with Gasteiger partial charge in [-0.1, -0.05) is 53.7 Å². The van der Waals surface area contributed by atoms with Gasteiger partial charge in [-0.15, -0.1) is 0 Å².